The number of hydrogen-bond donors (Lipinski definition) is 1. The molecule has 0 saturated carbocycles. The van der Waals surface area contributed by atoms with Gasteiger partial charge in [-0.1, -0.05) is 30.3 Å². The van der Waals surface area contributed by atoms with Crippen molar-refractivity contribution in [3.8, 4) is 0 Å². The highest BCUT2D eigenvalue weighted by Gasteiger charge is 2.37. The van der Waals surface area contributed by atoms with E-state index in [2.05, 4.69) is 5.32 Å². The van der Waals surface area contributed by atoms with E-state index in [0.717, 1.165) is 0 Å². The topological polar surface area (TPSA) is 92.8 Å². The number of ether oxygens (including phenoxy) is 1. The molecule has 3 rings (SSSR count). The third-order valence-corrected chi connectivity index (χ3v) is 4.24. The summed E-state index contributed by atoms with van der Waals surface area (Å²) in [7, 11) is 0. The van der Waals surface area contributed by atoms with Crippen LogP contribution in [0, 0.1) is 11.7 Å². The average Bonchev–Trinajstić information content (AvgIpc) is 3.08. The van der Waals surface area contributed by atoms with Gasteiger partial charge < -0.3 is 9.64 Å². The van der Waals surface area contributed by atoms with Crippen molar-refractivity contribution in [2.24, 2.45) is 5.92 Å². The van der Waals surface area contributed by atoms with Crippen LogP contribution in [-0.4, -0.2) is 36.8 Å². The fourth-order valence-electron chi connectivity index (χ4n) is 2.85. The van der Waals surface area contributed by atoms with E-state index in [1.54, 1.807) is 24.3 Å². The first kappa shape index (κ1) is 19.2. The van der Waals surface area contributed by atoms with Crippen molar-refractivity contribution in [1.29, 1.82) is 0 Å². The Balaban J connectivity index is 1.51. The molecule has 7 nitrogen and oxygen atoms in total. The third kappa shape index (κ3) is 4.40. The summed E-state index contributed by atoms with van der Waals surface area (Å²) in [5.74, 6) is -3.93. The zero-order valence-electron chi connectivity index (χ0n) is 14.8. The molecule has 1 aliphatic rings. The van der Waals surface area contributed by atoms with Gasteiger partial charge in [0.1, 0.15) is 5.82 Å². The fourth-order valence-corrected chi connectivity index (χ4v) is 2.85. The second kappa shape index (κ2) is 8.43. The van der Waals surface area contributed by atoms with Gasteiger partial charge in [0.25, 0.3) is 11.8 Å². The lowest BCUT2D eigenvalue weighted by Crippen LogP contribution is -2.35. The molecule has 2 aromatic carbocycles. The summed E-state index contributed by atoms with van der Waals surface area (Å²) in [5, 5.41) is 2.11. The number of esters is 1. The maximum absolute atomic E-state index is 13.9. The summed E-state index contributed by atoms with van der Waals surface area (Å²) in [6.07, 6.45) is -0.141. The number of imide groups is 1. The Morgan fingerprint density at radius 2 is 1.75 bits per heavy atom. The molecule has 0 aromatic heterocycles. The standard InChI is InChI=1S/C20H17FN2O5/c21-15-8-4-5-9-16(15)23-11-14(10-18(23)25)20(27)28-12-17(24)22-19(26)13-6-2-1-3-7-13/h1-9,14H,10-12H2,(H,22,24,26)/t14-/m0/s1. The van der Waals surface area contributed by atoms with Gasteiger partial charge >= 0.3 is 5.97 Å². The minimum Gasteiger partial charge on any atom is -0.455 e. The minimum atomic E-state index is -0.815. The van der Waals surface area contributed by atoms with Crippen LogP contribution < -0.4 is 10.2 Å². The van der Waals surface area contributed by atoms with Gasteiger partial charge in [-0.3, -0.25) is 24.5 Å². The lowest BCUT2D eigenvalue weighted by atomic mass is 10.1. The third-order valence-electron chi connectivity index (χ3n) is 4.24. The number of rotatable bonds is 5. The van der Waals surface area contributed by atoms with Crippen LogP contribution in [0.15, 0.2) is 54.6 Å². The summed E-state index contributed by atoms with van der Waals surface area (Å²) in [6.45, 7) is -0.690. The highest BCUT2D eigenvalue weighted by atomic mass is 19.1. The zero-order chi connectivity index (χ0) is 20.1. The van der Waals surface area contributed by atoms with E-state index in [-0.39, 0.29) is 18.7 Å². The van der Waals surface area contributed by atoms with Crippen LogP contribution in [0.5, 0.6) is 0 Å². The molecule has 1 saturated heterocycles. The van der Waals surface area contributed by atoms with Crippen molar-refractivity contribution < 1.29 is 28.3 Å². The van der Waals surface area contributed by atoms with Gasteiger partial charge in [-0.25, -0.2) is 4.39 Å². The molecule has 144 valence electrons. The van der Waals surface area contributed by atoms with E-state index >= 15 is 0 Å². The first-order valence-corrected chi connectivity index (χ1v) is 8.56. The van der Waals surface area contributed by atoms with Gasteiger partial charge in [0, 0.05) is 18.5 Å². The first-order chi connectivity index (χ1) is 13.5. The van der Waals surface area contributed by atoms with E-state index in [4.69, 9.17) is 4.74 Å². The lowest BCUT2D eigenvalue weighted by molar-refractivity contribution is -0.152. The number of hydrogen-bond acceptors (Lipinski definition) is 5. The zero-order valence-corrected chi connectivity index (χ0v) is 14.8. The SMILES string of the molecule is O=C(COC(=O)[C@H]1CC(=O)N(c2ccccc2F)C1)NC(=O)c1ccccc1. The van der Waals surface area contributed by atoms with Crippen LogP contribution in [0.1, 0.15) is 16.8 Å². The number of nitrogens with zero attached hydrogens (tertiary/aromatic N) is 1. The van der Waals surface area contributed by atoms with Crippen LogP contribution in [0.25, 0.3) is 0 Å². The Kier molecular flexibility index (Phi) is 5.78. The summed E-state index contributed by atoms with van der Waals surface area (Å²) < 4.78 is 18.8. The van der Waals surface area contributed by atoms with Crippen molar-refractivity contribution in [3.63, 3.8) is 0 Å². The van der Waals surface area contributed by atoms with Gasteiger partial charge in [-0.05, 0) is 24.3 Å². The van der Waals surface area contributed by atoms with Crippen LogP contribution in [-0.2, 0) is 19.1 Å². The Labute approximate surface area is 160 Å². The van der Waals surface area contributed by atoms with E-state index < -0.39 is 42.0 Å². The monoisotopic (exact) mass is 384 g/mol. The molecule has 1 atom stereocenters. The van der Waals surface area contributed by atoms with Crippen molar-refractivity contribution in [1.82, 2.24) is 5.32 Å². The highest BCUT2D eigenvalue weighted by molar-refractivity contribution is 6.05. The van der Waals surface area contributed by atoms with Crippen molar-refractivity contribution in [3.05, 3.63) is 66.0 Å². The maximum Gasteiger partial charge on any atom is 0.311 e. The minimum absolute atomic E-state index is 0.0385. The summed E-state index contributed by atoms with van der Waals surface area (Å²) >= 11 is 0. The number of para-hydroxylation sites is 1. The number of nitrogens with one attached hydrogen (secondary N) is 1. The molecular formula is C20H17FN2O5. The van der Waals surface area contributed by atoms with E-state index in [0.29, 0.717) is 5.56 Å². The predicted octanol–water partition coefficient (Wildman–Crippen LogP) is 1.68. The van der Waals surface area contributed by atoms with Crippen LogP contribution in [0.2, 0.25) is 0 Å². The van der Waals surface area contributed by atoms with Gasteiger partial charge in [-0.15, -0.1) is 0 Å². The predicted molar refractivity (Wildman–Crippen MR) is 96.7 cm³/mol. The largest absolute Gasteiger partial charge is 0.455 e. The molecule has 2 aromatic rings. The number of carbonyl (C=O) groups is 4. The second-order valence-corrected chi connectivity index (χ2v) is 6.21. The molecule has 8 heteroatoms. The molecule has 0 unspecified atom stereocenters. The van der Waals surface area contributed by atoms with E-state index in [9.17, 15) is 23.6 Å². The first-order valence-electron chi connectivity index (χ1n) is 8.56. The number of amides is 3. The van der Waals surface area contributed by atoms with Crippen LogP contribution in [0.3, 0.4) is 0 Å². The quantitative estimate of drug-likeness (QED) is 0.792. The van der Waals surface area contributed by atoms with Crippen molar-refractivity contribution in [2.45, 2.75) is 6.42 Å². The number of halogens is 1. The Bertz CT molecular complexity index is 916. The Morgan fingerprint density at radius 3 is 2.46 bits per heavy atom. The summed E-state index contributed by atoms with van der Waals surface area (Å²) in [5.41, 5.74) is 0.387. The molecule has 28 heavy (non-hydrogen) atoms. The molecule has 0 bridgehead atoms. The molecular weight excluding hydrogens is 367 g/mol. The normalized spacial score (nSPS) is 16.0. The summed E-state index contributed by atoms with van der Waals surface area (Å²) in [4.78, 5) is 49.1. The Morgan fingerprint density at radius 1 is 1.07 bits per heavy atom. The fraction of sp³-hybridized carbons (Fsp3) is 0.200. The van der Waals surface area contributed by atoms with Crippen LogP contribution in [0.4, 0.5) is 10.1 Å². The highest BCUT2D eigenvalue weighted by Crippen LogP contribution is 2.27. The molecule has 1 N–H and O–H groups in total. The maximum atomic E-state index is 13.9. The molecule has 1 fully saturated rings. The van der Waals surface area contributed by atoms with Crippen molar-refractivity contribution in [2.75, 3.05) is 18.1 Å². The second-order valence-electron chi connectivity index (χ2n) is 6.21. The smallest absolute Gasteiger partial charge is 0.311 e. The van der Waals surface area contributed by atoms with Gasteiger partial charge in [0.05, 0.1) is 11.6 Å². The molecule has 0 spiro atoms. The number of benzene rings is 2. The molecule has 0 radical (unpaired) electrons. The van der Waals surface area contributed by atoms with Gasteiger partial charge in [0.15, 0.2) is 6.61 Å². The van der Waals surface area contributed by atoms with Crippen molar-refractivity contribution >= 4 is 29.4 Å². The molecule has 3 amide bonds. The van der Waals surface area contributed by atoms with E-state index in [1.165, 1.54) is 35.2 Å². The molecule has 0 aliphatic carbocycles. The van der Waals surface area contributed by atoms with Gasteiger partial charge in [0.2, 0.25) is 5.91 Å². The number of carbonyl (C=O) groups excluding carboxylic acids is 4. The lowest BCUT2D eigenvalue weighted by Gasteiger charge is -2.17. The molecule has 1 aliphatic heterocycles. The van der Waals surface area contributed by atoms with Crippen LogP contribution >= 0.6 is 0 Å². The number of anilines is 1. The Hall–Kier alpha value is -3.55. The summed E-state index contributed by atoms with van der Waals surface area (Å²) in [6, 6.07) is 13.9. The van der Waals surface area contributed by atoms with Gasteiger partial charge in [-0.2, -0.15) is 0 Å². The van der Waals surface area contributed by atoms with E-state index in [1.807, 2.05) is 0 Å². The molecule has 1 heterocycles. The average molecular weight is 384 g/mol.